The molecular weight excluding hydrogens is 361 g/mol. The summed E-state index contributed by atoms with van der Waals surface area (Å²) in [5.41, 5.74) is 0.824. The van der Waals surface area contributed by atoms with Gasteiger partial charge in [-0.05, 0) is 36.1 Å². The first-order valence-electron chi connectivity index (χ1n) is 6.80. The Labute approximate surface area is 143 Å². The molecule has 0 radical (unpaired) electrons. The smallest absolute Gasteiger partial charge is 0.410 e. The quantitative estimate of drug-likeness (QED) is 0.550. The Bertz CT molecular complexity index is 786. The average molecular weight is 372 g/mol. The molecule has 4 nitrogen and oxygen atoms in total. The number of alkyl halides is 3. The van der Waals surface area contributed by atoms with E-state index in [-0.39, 0.29) is 11.0 Å². The van der Waals surface area contributed by atoms with E-state index in [1.165, 1.54) is 35.2 Å². The molecule has 3 rings (SSSR count). The molecule has 1 unspecified atom stereocenters. The molecule has 1 atom stereocenters. The molecule has 0 aliphatic heterocycles. The number of ether oxygens (including phenoxy) is 1. The summed E-state index contributed by atoms with van der Waals surface area (Å²) in [6, 6.07) is 9.50. The highest BCUT2D eigenvalue weighted by molar-refractivity contribution is 7.99. The summed E-state index contributed by atoms with van der Waals surface area (Å²) < 4.78 is 45.9. The second-order valence-corrected chi connectivity index (χ2v) is 6.97. The maximum Gasteiger partial charge on any atom is 0.573 e. The zero-order chi connectivity index (χ0) is 17.2. The number of aromatic nitrogens is 2. The monoisotopic (exact) mass is 372 g/mol. The first-order valence-corrected chi connectivity index (χ1v) is 8.56. The van der Waals surface area contributed by atoms with Gasteiger partial charge in [-0.25, -0.2) is 0 Å². The van der Waals surface area contributed by atoms with Crippen molar-refractivity contribution in [3.05, 3.63) is 47.3 Å². The van der Waals surface area contributed by atoms with Gasteiger partial charge in [0.1, 0.15) is 5.75 Å². The van der Waals surface area contributed by atoms with E-state index in [0.29, 0.717) is 11.1 Å². The summed E-state index contributed by atoms with van der Waals surface area (Å²) in [5.74, 6) is 0.204. The van der Waals surface area contributed by atoms with Gasteiger partial charge in [0.2, 0.25) is 0 Å². The third-order valence-corrected chi connectivity index (χ3v) is 4.85. The number of thioether (sulfide) groups is 1. The van der Waals surface area contributed by atoms with E-state index >= 15 is 0 Å². The SMILES string of the molecule is CC(Sc1nnc(-c2cccs2)o1)c1ccc(OC(F)(F)F)cc1. The molecule has 0 fully saturated rings. The highest BCUT2D eigenvalue weighted by Gasteiger charge is 2.31. The van der Waals surface area contributed by atoms with Gasteiger partial charge in [0, 0.05) is 5.25 Å². The highest BCUT2D eigenvalue weighted by atomic mass is 32.2. The Morgan fingerprint density at radius 3 is 2.54 bits per heavy atom. The van der Waals surface area contributed by atoms with Crippen molar-refractivity contribution in [1.82, 2.24) is 10.2 Å². The van der Waals surface area contributed by atoms with E-state index < -0.39 is 6.36 Å². The lowest BCUT2D eigenvalue weighted by molar-refractivity contribution is -0.274. The molecule has 1 aromatic carbocycles. The lowest BCUT2D eigenvalue weighted by Gasteiger charge is -2.11. The van der Waals surface area contributed by atoms with Crippen molar-refractivity contribution in [2.45, 2.75) is 23.8 Å². The van der Waals surface area contributed by atoms with Crippen molar-refractivity contribution >= 4 is 23.1 Å². The molecule has 2 heterocycles. The van der Waals surface area contributed by atoms with E-state index in [0.717, 1.165) is 10.4 Å². The van der Waals surface area contributed by atoms with Gasteiger partial charge in [-0.2, -0.15) is 0 Å². The summed E-state index contributed by atoms with van der Waals surface area (Å²) in [7, 11) is 0. The van der Waals surface area contributed by atoms with Crippen LogP contribution in [0.2, 0.25) is 0 Å². The van der Waals surface area contributed by atoms with Crippen LogP contribution in [-0.4, -0.2) is 16.6 Å². The molecule has 24 heavy (non-hydrogen) atoms. The van der Waals surface area contributed by atoms with Gasteiger partial charge in [0.25, 0.3) is 11.1 Å². The maximum atomic E-state index is 12.2. The van der Waals surface area contributed by atoms with Crippen LogP contribution in [-0.2, 0) is 0 Å². The average Bonchev–Trinajstić information content (AvgIpc) is 3.16. The summed E-state index contributed by atoms with van der Waals surface area (Å²) >= 11 is 2.83. The van der Waals surface area contributed by atoms with Crippen molar-refractivity contribution in [2.75, 3.05) is 0 Å². The first-order chi connectivity index (χ1) is 11.4. The number of benzene rings is 1. The molecule has 0 saturated carbocycles. The van der Waals surface area contributed by atoms with Crippen molar-refractivity contribution in [1.29, 1.82) is 0 Å². The highest BCUT2D eigenvalue weighted by Crippen LogP contribution is 2.36. The number of hydrogen-bond acceptors (Lipinski definition) is 6. The Kier molecular flexibility index (Phi) is 4.81. The van der Waals surface area contributed by atoms with E-state index in [2.05, 4.69) is 14.9 Å². The van der Waals surface area contributed by atoms with Crippen LogP contribution in [0.3, 0.4) is 0 Å². The van der Waals surface area contributed by atoms with Crippen LogP contribution in [0.1, 0.15) is 17.7 Å². The molecular formula is C15H11F3N2O2S2. The maximum absolute atomic E-state index is 12.2. The molecule has 0 N–H and O–H groups in total. The normalized spacial score (nSPS) is 13.0. The number of rotatable bonds is 5. The largest absolute Gasteiger partial charge is 0.573 e. The molecule has 126 valence electrons. The minimum Gasteiger partial charge on any atom is -0.410 e. The van der Waals surface area contributed by atoms with Crippen molar-refractivity contribution < 1.29 is 22.3 Å². The van der Waals surface area contributed by atoms with Crippen LogP contribution < -0.4 is 4.74 Å². The first kappa shape index (κ1) is 16.8. The molecule has 0 amide bonds. The van der Waals surface area contributed by atoms with E-state index in [1.54, 1.807) is 12.1 Å². The minimum absolute atomic E-state index is 0.0680. The lowest BCUT2D eigenvalue weighted by atomic mass is 10.2. The number of nitrogens with zero attached hydrogens (tertiary/aromatic N) is 2. The third-order valence-electron chi connectivity index (χ3n) is 3.00. The van der Waals surface area contributed by atoms with Gasteiger partial charge in [0.15, 0.2) is 0 Å². The van der Waals surface area contributed by atoms with Gasteiger partial charge in [0.05, 0.1) is 4.88 Å². The van der Waals surface area contributed by atoms with Gasteiger partial charge >= 0.3 is 6.36 Å². The second-order valence-electron chi connectivity index (χ2n) is 4.73. The van der Waals surface area contributed by atoms with Gasteiger partial charge < -0.3 is 9.15 Å². The Morgan fingerprint density at radius 2 is 1.92 bits per heavy atom. The number of thiophene rings is 1. The summed E-state index contributed by atoms with van der Waals surface area (Å²) in [6.07, 6.45) is -4.69. The van der Waals surface area contributed by atoms with Crippen LogP contribution in [0.5, 0.6) is 5.75 Å². The molecule has 2 aromatic heterocycles. The van der Waals surface area contributed by atoms with Gasteiger partial charge in [-0.1, -0.05) is 30.0 Å². The fraction of sp³-hybridized carbons (Fsp3) is 0.200. The van der Waals surface area contributed by atoms with Crippen LogP contribution in [0.25, 0.3) is 10.8 Å². The van der Waals surface area contributed by atoms with Crippen molar-refractivity contribution in [2.24, 2.45) is 0 Å². The Balaban J connectivity index is 1.65. The Hall–Kier alpha value is -2.00. The number of halogens is 3. The number of hydrogen-bond donors (Lipinski definition) is 0. The molecule has 0 spiro atoms. The molecule has 0 aliphatic rings. The van der Waals surface area contributed by atoms with Crippen LogP contribution in [0.4, 0.5) is 13.2 Å². The van der Waals surface area contributed by atoms with Crippen LogP contribution in [0.15, 0.2) is 51.4 Å². The second kappa shape index (κ2) is 6.86. The summed E-state index contributed by atoms with van der Waals surface area (Å²) in [5, 5.41) is 10.2. The molecule has 0 bridgehead atoms. The van der Waals surface area contributed by atoms with Crippen LogP contribution >= 0.6 is 23.1 Å². The van der Waals surface area contributed by atoms with E-state index in [9.17, 15) is 13.2 Å². The summed E-state index contributed by atoms with van der Waals surface area (Å²) in [4.78, 5) is 0.885. The molecule has 3 aromatic rings. The Morgan fingerprint density at radius 1 is 1.17 bits per heavy atom. The minimum atomic E-state index is -4.69. The zero-order valence-corrected chi connectivity index (χ0v) is 13.9. The third kappa shape index (κ3) is 4.30. The topological polar surface area (TPSA) is 48.2 Å². The fourth-order valence-corrected chi connectivity index (χ4v) is 3.37. The molecule has 0 saturated heterocycles. The fourth-order valence-electron chi connectivity index (χ4n) is 1.92. The van der Waals surface area contributed by atoms with Gasteiger partial charge in [-0.15, -0.1) is 34.7 Å². The van der Waals surface area contributed by atoms with E-state index in [1.807, 2.05) is 24.4 Å². The van der Waals surface area contributed by atoms with Crippen molar-refractivity contribution in [3.8, 4) is 16.5 Å². The standard InChI is InChI=1S/C15H11F3N2O2S2/c1-9(10-4-6-11(7-5-10)22-15(16,17)18)24-14-20-19-13(21-14)12-3-2-8-23-12/h2-9H,1H3. The molecule has 0 aliphatic carbocycles. The van der Waals surface area contributed by atoms with Gasteiger partial charge in [-0.3, -0.25) is 0 Å². The lowest BCUT2D eigenvalue weighted by Crippen LogP contribution is -2.17. The summed E-state index contributed by atoms with van der Waals surface area (Å²) in [6.45, 7) is 1.90. The van der Waals surface area contributed by atoms with Crippen molar-refractivity contribution in [3.63, 3.8) is 0 Å². The predicted molar refractivity (Wildman–Crippen MR) is 85.0 cm³/mol. The predicted octanol–water partition coefficient (Wildman–Crippen LogP) is 5.55. The van der Waals surface area contributed by atoms with E-state index in [4.69, 9.17) is 4.42 Å². The van der Waals surface area contributed by atoms with Crippen LogP contribution in [0, 0.1) is 0 Å². The zero-order valence-electron chi connectivity index (χ0n) is 12.3. The molecule has 9 heteroatoms.